The van der Waals surface area contributed by atoms with Crippen molar-refractivity contribution in [1.29, 1.82) is 0 Å². The number of piperidine rings is 1. The highest BCUT2D eigenvalue weighted by atomic mass is 35.5. The first-order valence-corrected chi connectivity index (χ1v) is 12.0. The van der Waals surface area contributed by atoms with Gasteiger partial charge in [-0.25, -0.2) is 15.0 Å². The molecule has 2 aliphatic rings. The van der Waals surface area contributed by atoms with Crippen LogP contribution < -0.4 is 9.62 Å². The monoisotopic (exact) mass is 459 g/mol. The SMILES string of the molecule is CC(C)(C)[S@@+]([O-])N[C@@H]1c2ccnn2CC12CCN(c1cnc3nc(Cl)ccc3n1)CC2. The molecule has 0 unspecified atom stereocenters. The van der Waals surface area contributed by atoms with Crippen LogP contribution in [-0.2, 0) is 17.9 Å². The minimum absolute atomic E-state index is 0.0135. The molecule has 2 atom stereocenters. The maximum absolute atomic E-state index is 12.9. The number of aromatic nitrogens is 5. The van der Waals surface area contributed by atoms with Crippen LogP contribution >= 0.6 is 11.6 Å². The second-order valence-electron chi connectivity index (χ2n) is 9.40. The lowest BCUT2D eigenvalue weighted by molar-refractivity contribution is 0.160. The lowest BCUT2D eigenvalue weighted by Crippen LogP contribution is -2.50. The summed E-state index contributed by atoms with van der Waals surface area (Å²) in [6, 6.07) is 5.65. The fourth-order valence-corrected chi connectivity index (χ4v) is 5.63. The van der Waals surface area contributed by atoms with Crippen molar-refractivity contribution in [1.82, 2.24) is 29.5 Å². The topological polar surface area (TPSA) is 94.8 Å². The molecule has 1 spiro atoms. The maximum Gasteiger partial charge on any atom is 0.179 e. The van der Waals surface area contributed by atoms with Gasteiger partial charge in [0.05, 0.1) is 11.9 Å². The number of hydrogen-bond donors (Lipinski definition) is 1. The molecule has 1 N–H and O–H groups in total. The normalized spacial score (nSPS) is 21.6. The standard InChI is InChI=1S/C21H26ClN7OS/c1-20(2,3)31(30)27-18-15-6-9-24-29(15)13-21(18)7-10-28(11-8-21)17-12-23-19-14(25-17)4-5-16(22)26-19/h4-6,9,12,18,27H,7-8,10-11,13H2,1-3H3/t18-,31-/m1/s1. The van der Waals surface area contributed by atoms with E-state index in [2.05, 4.69) is 29.4 Å². The lowest BCUT2D eigenvalue weighted by Gasteiger charge is -2.43. The summed E-state index contributed by atoms with van der Waals surface area (Å²) >= 11 is 4.81. The van der Waals surface area contributed by atoms with Crippen LogP contribution in [0.3, 0.4) is 0 Å². The van der Waals surface area contributed by atoms with Gasteiger partial charge >= 0.3 is 0 Å². The molecule has 164 valence electrons. The molecule has 31 heavy (non-hydrogen) atoms. The number of hydrogen-bond acceptors (Lipinski definition) is 7. The quantitative estimate of drug-likeness (QED) is 0.474. The van der Waals surface area contributed by atoms with E-state index in [1.807, 2.05) is 39.1 Å². The minimum atomic E-state index is -1.15. The van der Waals surface area contributed by atoms with Crippen molar-refractivity contribution in [3.63, 3.8) is 0 Å². The van der Waals surface area contributed by atoms with Crippen LogP contribution in [0.2, 0.25) is 5.15 Å². The van der Waals surface area contributed by atoms with Crippen molar-refractivity contribution >= 4 is 39.9 Å². The van der Waals surface area contributed by atoms with Gasteiger partial charge in [-0.05, 0) is 51.8 Å². The van der Waals surface area contributed by atoms with Crippen LogP contribution in [0.5, 0.6) is 0 Å². The molecule has 0 radical (unpaired) electrons. The average molecular weight is 460 g/mol. The summed E-state index contributed by atoms with van der Waals surface area (Å²) in [5.74, 6) is 0.852. The van der Waals surface area contributed by atoms with Gasteiger partial charge in [-0.3, -0.25) is 4.68 Å². The molecular weight excluding hydrogens is 434 g/mol. The molecule has 0 amide bonds. The van der Waals surface area contributed by atoms with Crippen LogP contribution in [0, 0.1) is 5.41 Å². The van der Waals surface area contributed by atoms with Crippen LogP contribution in [0.4, 0.5) is 5.82 Å². The Balaban J connectivity index is 1.36. The molecule has 0 saturated carbocycles. The molecule has 1 fully saturated rings. The van der Waals surface area contributed by atoms with Crippen molar-refractivity contribution in [2.75, 3.05) is 18.0 Å². The van der Waals surface area contributed by atoms with Crippen molar-refractivity contribution in [3.8, 4) is 0 Å². The minimum Gasteiger partial charge on any atom is -0.598 e. The van der Waals surface area contributed by atoms with Crippen molar-refractivity contribution in [2.24, 2.45) is 5.41 Å². The lowest BCUT2D eigenvalue weighted by atomic mass is 9.73. The molecule has 3 aromatic rings. The molecule has 5 rings (SSSR count). The Hall–Kier alpha value is -1.94. The van der Waals surface area contributed by atoms with Crippen LogP contribution in [-0.4, -0.2) is 47.1 Å². The zero-order valence-corrected chi connectivity index (χ0v) is 19.4. The molecule has 2 aliphatic heterocycles. The second-order valence-corrected chi connectivity index (χ2v) is 11.8. The zero-order chi connectivity index (χ0) is 21.8. The maximum atomic E-state index is 12.9. The van der Waals surface area contributed by atoms with E-state index in [0.717, 1.165) is 49.5 Å². The number of halogens is 1. The van der Waals surface area contributed by atoms with Gasteiger partial charge in [-0.15, -0.1) is 4.72 Å². The number of fused-ring (bicyclic) bond motifs is 2. The van der Waals surface area contributed by atoms with Crippen LogP contribution in [0.1, 0.15) is 45.3 Å². The number of rotatable bonds is 3. The molecule has 8 nitrogen and oxygen atoms in total. The van der Waals surface area contributed by atoms with Gasteiger partial charge in [0, 0.05) is 42.6 Å². The second kappa shape index (κ2) is 7.58. The third-order valence-corrected chi connectivity index (χ3v) is 8.12. The van der Waals surface area contributed by atoms with E-state index in [-0.39, 0.29) is 16.2 Å². The Morgan fingerprint density at radius 1 is 1.19 bits per heavy atom. The number of nitrogens with zero attached hydrogens (tertiary/aromatic N) is 6. The predicted octanol–water partition coefficient (Wildman–Crippen LogP) is 3.27. The smallest absolute Gasteiger partial charge is 0.179 e. The van der Waals surface area contributed by atoms with Crippen molar-refractivity contribution < 1.29 is 4.55 Å². The highest BCUT2D eigenvalue weighted by Crippen LogP contribution is 2.50. The third kappa shape index (κ3) is 3.77. The van der Waals surface area contributed by atoms with Crippen molar-refractivity contribution in [3.05, 3.63) is 41.4 Å². The van der Waals surface area contributed by atoms with E-state index in [9.17, 15) is 4.55 Å². The number of anilines is 1. The first-order chi connectivity index (χ1) is 14.7. The molecule has 1 saturated heterocycles. The Kier molecular flexibility index (Phi) is 5.12. The Labute approximate surface area is 189 Å². The number of nitrogens with one attached hydrogen (secondary N) is 1. The Morgan fingerprint density at radius 3 is 2.71 bits per heavy atom. The molecule has 0 bridgehead atoms. The largest absolute Gasteiger partial charge is 0.598 e. The van der Waals surface area contributed by atoms with E-state index in [1.165, 1.54) is 0 Å². The zero-order valence-electron chi connectivity index (χ0n) is 17.9. The summed E-state index contributed by atoms with van der Waals surface area (Å²) in [6.45, 7) is 8.54. The highest BCUT2D eigenvalue weighted by Gasteiger charge is 2.51. The summed E-state index contributed by atoms with van der Waals surface area (Å²) in [7, 11) is 0. The predicted molar refractivity (Wildman–Crippen MR) is 122 cm³/mol. The summed E-state index contributed by atoms with van der Waals surface area (Å²) in [5.41, 5.74) is 2.41. The van der Waals surface area contributed by atoms with Gasteiger partial charge in [0.25, 0.3) is 0 Å². The molecule has 3 aromatic heterocycles. The van der Waals surface area contributed by atoms with Gasteiger partial charge in [-0.1, -0.05) is 11.6 Å². The number of pyridine rings is 1. The molecular formula is C21H26ClN7OS. The molecule has 5 heterocycles. The van der Waals surface area contributed by atoms with Gasteiger partial charge in [0.2, 0.25) is 0 Å². The van der Waals surface area contributed by atoms with Gasteiger partial charge in [-0.2, -0.15) is 5.10 Å². The van der Waals surface area contributed by atoms with Crippen LogP contribution in [0.25, 0.3) is 11.2 Å². The van der Waals surface area contributed by atoms with E-state index in [0.29, 0.717) is 10.8 Å². The van der Waals surface area contributed by atoms with Crippen LogP contribution in [0.15, 0.2) is 30.6 Å². The van der Waals surface area contributed by atoms with E-state index < -0.39 is 11.4 Å². The van der Waals surface area contributed by atoms with Gasteiger partial charge in [0.15, 0.2) is 5.65 Å². The summed E-state index contributed by atoms with van der Waals surface area (Å²) in [4.78, 5) is 15.7. The van der Waals surface area contributed by atoms with E-state index in [4.69, 9.17) is 16.6 Å². The van der Waals surface area contributed by atoms with Gasteiger partial charge < -0.3 is 9.45 Å². The van der Waals surface area contributed by atoms with E-state index in [1.54, 1.807) is 12.3 Å². The van der Waals surface area contributed by atoms with Crippen molar-refractivity contribution in [2.45, 2.75) is 50.9 Å². The average Bonchev–Trinajstić information content (AvgIpc) is 3.28. The highest BCUT2D eigenvalue weighted by molar-refractivity contribution is 7.90. The summed E-state index contributed by atoms with van der Waals surface area (Å²) < 4.78 is 18.1. The Bertz CT molecular complexity index is 1110. The fraction of sp³-hybridized carbons (Fsp3) is 0.524. The molecule has 0 aliphatic carbocycles. The first-order valence-electron chi connectivity index (χ1n) is 10.5. The molecule has 10 heteroatoms. The van der Waals surface area contributed by atoms with E-state index >= 15 is 0 Å². The Morgan fingerprint density at radius 2 is 1.97 bits per heavy atom. The third-order valence-electron chi connectivity index (χ3n) is 6.34. The molecule has 0 aromatic carbocycles. The van der Waals surface area contributed by atoms with Gasteiger partial charge in [0.1, 0.15) is 27.3 Å². The first kappa shape index (κ1) is 20.9. The summed E-state index contributed by atoms with van der Waals surface area (Å²) in [5, 5.41) is 4.92. The summed E-state index contributed by atoms with van der Waals surface area (Å²) in [6.07, 6.45) is 5.51. The fourth-order valence-electron chi connectivity index (χ4n) is 4.54.